The van der Waals surface area contributed by atoms with Gasteiger partial charge in [-0.2, -0.15) is 0 Å². The van der Waals surface area contributed by atoms with Crippen molar-refractivity contribution in [3.63, 3.8) is 0 Å². The molecule has 0 aliphatic carbocycles. The monoisotopic (exact) mass is 225 g/mol. The first-order valence-corrected chi connectivity index (χ1v) is 6.07. The summed E-state index contributed by atoms with van der Waals surface area (Å²) in [5.41, 5.74) is 0.462. The third-order valence-corrected chi connectivity index (χ3v) is 4.02. The molecular formula is C12H19NOS. The van der Waals surface area contributed by atoms with Crippen molar-refractivity contribution in [1.82, 2.24) is 4.90 Å². The largest absolute Gasteiger partial charge is 0.297 e. The van der Waals surface area contributed by atoms with E-state index >= 15 is 0 Å². The summed E-state index contributed by atoms with van der Waals surface area (Å²) in [5, 5.41) is 1.95. The maximum atomic E-state index is 12.3. The van der Waals surface area contributed by atoms with Gasteiger partial charge < -0.3 is 0 Å². The molecule has 0 saturated carbocycles. The summed E-state index contributed by atoms with van der Waals surface area (Å²) in [7, 11) is 3.92. The minimum atomic E-state index is -0.381. The van der Waals surface area contributed by atoms with Crippen molar-refractivity contribution in [3.8, 4) is 0 Å². The topological polar surface area (TPSA) is 20.3 Å². The Balaban J connectivity index is 3.02. The lowest BCUT2D eigenvalue weighted by Gasteiger charge is -2.33. The predicted octanol–water partition coefficient (Wildman–Crippen LogP) is 2.97. The first-order valence-electron chi connectivity index (χ1n) is 5.19. The molecule has 1 aromatic heterocycles. The Morgan fingerprint density at radius 2 is 2.13 bits per heavy atom. The Labute approximate surface area is 95.9 Å². The zero-order valence-corrected chi connectivity index (χ0v) is 10.9. The van der Waals surface area contributed by atoms with Gasteiger partial charge in [-0.15, -0.1) is 11.3 Å². The van der Waals surface area contributed by atoms with E-state index in [-0.39, 0.29) is 11.3 Å². The maximum absolute atomic E-state index is 12.3. The molecule has 0 spiro atoms. The fourth-order valence-electron chi connectivity index (χ4n) is 1.55. The highest BCUT2D eigenvalue weighted by atomic mass is 32.1. The van der Waals surface area contributed by atoms with Gasteiger partial charge in [-0.1, -0.05) is 6.92 Å². The standard InChI is InChI=1S/C12H19NOS/c1-6-12(3,13(4)5)11(14)10-7-9(2)15-8-10/h7-8H,6H2,1-5H3. The minimum absolute atomic E-state index is 0.222. The molecule has 1 heterocycles. The Bertz CT molecular complexity index is 356. The molecule has 3 heteroatoms. The summed E-state index contributed by atoms with van der Waals surface area (Å²) in [5.74, 6) is 0.222. The molecule has 1 unspecified atom stereocenters. The Kier molecular flexibility index (Phi) is 3.68. The SMILES string of the molecule is CCC(C)(C(=O)c1csc(C)c1)N(C)C. The van der Waals surface area contributed by atoms with E-state index < -0.39 is 0 Å². The number of rotatable bonds is 4. The van der Waals surface area contributed by atoms with Crippen LogP contribution in [0.15, 0.2) is 11.4 Å². The molecule has 1 atom stereocenters. The van der Waals surface area contributed by atoms with Crippen LogP contribution in [0, 0.1) is 6.92 Å². The second-order valence-corrected chi connectivity index (χ2v) is 5.41. The van der Waals surface area contributed by atoms with Crippen LogP contribution in [0.25, 0.3) is 0 Å². The molecule has 0 N–H and O–H groups in total. The number of carbonyl (C=O) groups excluding carboxylic acids is 1. The average Bonchev–Trinajstić information content (AvgIpc) is 2.62. The van der Waals surface area contributed by atoms with Gasteiger partial charge in [-0.3, -0.25) is 9.69 Å². The zero-order valence-electron chi connectivity index (χ0n) is 10.1. The third kappa shape index (κ3) is 2.29. The molecular weight excluding hydrogens is 206 g/mol. The highest BCUT2D eigenvalue weighted by Gasteiger charge is 2.34. The minimum Gasteiger partial charge on any atom is -0.297 e. The van der Waals surface area contributed by atoms with E-state index in [4.69, 9.17) is 0 Å². The molecule has 0 amide bonds. The van der Waals surface area contributed by atoms with Crippen molar-refractivity contribution in [2.45, 2.75) is 32.7 Å². The van der Waals surface area contributed by atoms with Gasteiger partial charge in [0.05, 0.1) is 5.54 Å². The zero-order chi connectivity index (χ0) is 11.6. The molecule has 0 aliphatic rings. The second-order valence-electron chi connectivity index (χ2n) is 4.30. The quantitative estimate of drug-likeness (QED) is 0.734. The van der Waals surface area contributed by atoms with E-state index in [9.17, 15) is 4.79 Å². The summed E-state index contributed by atoms with van der Waals surface area (Å²) in [4.78, 5) is 15.5. The van der Waals surface area contributed by atoms with Crippen molar-refractivity contribution in [2.24, 2.45) is 0 Å². The van der Waals surface area contributed by atoms with E-state index in [0.717, 1.165) is 12.0 Å². The predicted molar refractivity (Wildman–Crippen MR) is 65.8 cm³/mol. The van der Waals surface area contributed by atoms with Gasteiger partial charge in [0.2, 0.25) is 0 Å². The molecule has 1 rings (SSSR count). The highest BCUT2D eigenvalue weighted by Crippen LogP contribution is 2.24. The second kappa shape index (κ2) is 4.45. The maximum Gasteiger partial charge on any atom is 0.183 e. The Morgan fingerprint density at radius 1 is 1.53 bits per heavy atom. The van der Waals surface area contributed by atoms with Gasteiger partial charge in [0.15, 0.2) is 5.78 Å². The van der Waals surface area contributed by atoms with Crippen LogP contribution in [0.2, 0.25) is 0 Å². The number of likely N-dealkylation sites (N-methyl/N-ethyl adjacent to an activating group) is 1. The third-order valence-electron chi connectivity index (χ3n) is 3.16. The lowest BCUT2D eigenvalue weighted by Crippen LogP contribution is -2.47. The van der Waals surface area contributed by atoms with E-state index in [0.29, 0.717) is 0 Å². The smallest absolute Gasteiger partial charge is 0.183 e. The molecule has 0 aromatic carbocycles. The van der Waals surface area contributed by atoms with E-state index in [1.54, 1.807) is 11.3 Å². The number of thiophene rings is 1. The van der Waals surface area contributed by atoms with Crippen LogP contribution in [-0.4, -0.2) is 30.3 Å². The summed E-state index contributed by atoms with van der Waals surface area (Å²) in [6.07, 6.45) is 0.827. The van der Waals surface area contributed by atoms with Gasteiger partial charge in [-0.25, -0.2) is 0 Å². The fourth-order valence-corrected chi connectivity index (χ4v) is 2.24. The molecule has 0 saturated heterocycles. The average molecular weight is 225 g/mol. The molecule has 1 aromatic rings. The number of carbonyl (C=O) groups is 1. The van der Waals surface area contributed by atoms with Crippen molar-refractivity contribution >= 4 is 17.1 Å². The normalized spacial score (nSPS) is 15.3. The van der Waals surface area contributed by atoms with E-state index in [2.05, 4.69) is 6.92 Å². The van der Waals surface area contributed by atoms with Crippen LogP contribution >= 0.6 is 11.3 Å². The Morgan fingerprint density at radius 3 is 2.47 bits per heavy atom. The van der Waals surface area contributed by atoms with Gasteiger partial charge in [0.25, 0.3) is 0 Å². The fraction of sp³-hybridized carbons (Fsp3) is 0.583. The van der Waals surface area contributed by atoms with Crippen molar-refractivity contribution in [3.05, 3.63) is 21.9 Å². The van der Waals surface area contributed by atoms with Crippen LogP contribution in [0.3, 0.4) is 0 Å². The number of Topliss-reactive ketones (excluding diaryl/α,β-unsaturated/α-hetero) is 1. The van der Waals surface area contributed by atoms with Gasteiger partial charge >= 0.3 is 0 Å². The van der Waals surface area contributed by atoms with Crippen LogP contribution in [-0.2, 0) is 0 Å². The van der Waals surface area contributed by atoms with Crippen LogP contribution in [0.4, 0.5) is 0 Å². The highest BCUT2D eigenvalue weighted by molar-refractivity contribution is 7.10. The first-order chi connectivity index (χ1) is 6.91. The number of ketones is 1. The molecule has 15 heavy (non-hydrogen) atoms. The van der Waals surface area contributed by atoms with Crippen LogP contribution < -0.4 is 0 Å². The van der Waals surface area contributed by atoms with Gasteiger partial charge in [0, 0.05) is 15.8 Å². The molecule has 0 fully saturated rings. The van der Waals surface area contributed by atoms with Crippen molar-refractivity contribution in [1.29, 1.82) is 0 Å². The summed E-state index contributed by atoms with van der Waals surface area (Å²) < 4.78 is 0. The van der Waals surface area contributed by atoms with Crippen molar-refractivity contribution < 1.29 is 4.79 Å². The molecule has 0 radical (unpaired) electrons. The number of nitrogens with zero attached hydrogens (tertiary/aromatic N) is 1. The molecule has 2 nitrogen and oxygen atoms in total. The Hall–Kier alpha value is -0.670. The van der Waals surface area contributed by atoms with Gasteiger partial charge in [0.1, 0.15) is 0 Å². The van der Waals surface area contributed by atoms with Crippen LogP contribution in [0.5, 0.6) is 0 Å². The molecule has 0 bridgehead atoms. The molecule has 0 aliphatic heterocycles. The summed E-state index contributed by atoms with van der Waals surface area (Å²) in [6, 6.07) is 1.98. The van der Waals surface area contributed by atoms with Crippen LogP contribution in [0.1, 0.15) is 35.5 Å². The van der Waals surface area contributed by atoms with E-state index in [1.807, 2.05) is 44.3 Å². The molecule has 84 valence electrons. The first kappa shape index (κ1) is 12.4. The number of hydrogen-bond donors (Lipinski definition) is 0. The summed E-state index contributed by atoms with van der Waals surface area (Å²) >= 11 is 1.63. The number of hydrogen-bond acceptors (Lipinski definition) is 3. The van der Waals surface area contributed by atoms with E-state index in [1.165, 1.54) is 4.88 Å². The lowest BCUT2D eigenvalue weighted by atomic mass is 9.88. The number of aryl methyl sites for hydroxylation is 1. The van der Waals surface area contributed by atoms with Crippen molar-refractivity contribution in [2.75, 3.05) is 14.1 Å². The lowest BCUT2D eigenvalue weighted by molar-refractivity contribution is 0.0711. The van der Waals surface area contributed by atoms with Gasteiger partial charge in [-0.05, 0) is 40.4 Å². The summed E-state index contributed by atoms with van der Waals surface area (Å²) in [6.45, 7) is 6.08.